The monoisotopic (exact) mass is 487 g/mol. The fraction of sp³-hybridized carbons (Fsp3) is 0.636. The first kappa shape index (κ1) is 27.4. The Bertz CT molecular complexity index is 761. The summed E-state index contributed by atoms with van der Waals surface area (Å²) < 4.78 is 32.2. The van der Waals surface area contributed by atoms with E-state index in [0.29, 0.717) is 81.6 Å². The molecule has 33 heavy (non-hydrogen) atoms. The minimum atomic E-state index is -1.22. The van der Waals surface area contributed by atoms with Crippen molar-refractivity contribution in [1.29, 1.82) is 0 Å². The van der Waals surface area contributed by atoms with Crippen LogP contribution in [0, 0.1) is 0 Å². The predicted molar refractivity (Wildman–Crippen MR) is 124 cm³/mol. The first-order valence-corrected chi connectivity index (χ1v) is 11.7. The highest BCUT2D eigenvalue weighted by Crippen LogP contribution is 2.38. The van der Waals surface area contributed by atoms with Crippen LogP contribution in [0.25, 0.3) is 0 Å². The summed E-state index contributed by atoms with van der Waals surface area (Å²) in [6.07, 6.45) is 0. The molecule has 186 valence electrons. The SMILES string of the molecule is COCCOCCOCCOCCOCCOc1cccc(O)c1C1=N[C@@](C)(C(=O)O)CS1. The lowest BCUT2D eigenvalue weighted by Gasteiger charge is -2.13. The number of carboxylic acid groups (broad SMARTS) is 1. The zero-order valence-electron chi connectivity index (χ0n) is 19.1. The van der Waals surface area contributed by atoms with Crippen LogP contribution in [0.15, 0.2) is 23.2 Å². The highest BCUT2D eigenvalue weighted by Gasteiger charge is 2.39. The van der Waals surface area contributed by atoms with Gasteiger partial charge in [0.05, 0.1) is 65.0 Å². The van der Waals surface area contributed by atoms with Gasteiger partial charge in [-0.1, -0.05) is 6.07 Å². The van der Waals surface area contributed by atoms with Crippen molar-refractivity contribution in [2.75, 3.05) is 78.9 Å². The summed E-state index contributed by atoms with van der Waals surface area (Å²) >= 11 is 1.28. The van der Waals surface area contributed by atoms with Gasteiger partial charge in [0.15, 0.2) is 5.54 Å². The second kappa shape index (κ2) is 15.1. The predicted octanol–water partition coefficient (Wildman–Crippen LogP) is 1.82. The zero-order chi connectivity index (χ0) is 23.9. The fourth-order valence-electron chi connectivity index (χ4n) is 2.70. The lowest BCUT2D eigenvalue weighted by Crippen LogP contribution is -2.33. The molecule has 1 aliphatic rings. The van der Waals surface area contributed by atoms with Gasteiger partial charge < -0.3 is 38.6 Å². The summed E-state index contributed by atoms with van der Waals surface area (Å²) in [4.78, 5) is 15.7. The number of carboxylic acids is 1. The van der Waals surface area contributed by atoms with Crippen LogP contribution in [-0.2, 0) is 28.5 Å². The molecule has 1 heterocycles. The molecule has 0 amide bonds. The number of aromatic hydroxyl groups is 1. The number of hydrogen-bond donors (Lipinski definition) is 2. The molecule has 2 N–H and O–H groups in total. The van der Waals surface area contributed by atoms with Crippen LogP contribution >= 0.6 is 11.8 Å². The van der Waals surface area contributed by atoms with E-state index in [0.717, 1.165) is 0 Å². The smallest absolute Gasteiger partial charge is 0.332 e. The van der Waals surface area contributed by atoms with Crippen LogP contribution < -0.4 is 4.74 Å². The Balaban J connectivity index is 1.60. The number of aliphatic carboxylic acids is 1. The van der Waals surface area contributed by atoms with Crippen LogP contribution in [-0.4, -0.2) is 106 Å². The summed E-state index contributed by atoms with van der Waals surface area (Å²) in [5.41, 5.74) is -0.814. The number of nitrogens with zero attached hydrogens (tertiary/aromatic N) is 1. The maximum absolute atomic E-state index is 11.4. The van der Waals surface area contributed by atoms with Crippen molar-refractivity contribution in [2.45, 2.75) is 12.5 Å². The Kier molecular flexibility index (Phi) is 12.5. The van der Waals surface area contributed by atoms with Gasteiger partial charge in [0.2, 0.25) is 0 Å². The fourth-order valence-corrected chi connectivity index (χ4v) is 3.93. The molecule has 2 rings (SSSR count). The Hall–Kier alpha value is -1.89. The molecule has 1 aromatic carbocycles. The molecule has 0 aromatic heterocycles. The highest BCUT2D eigenvalue weighted by atomic mass is 32.2. The van der Waals surface area contributed by atoms with Gasteiger partial charge in [-0.2, -0.15) is 0 Å². The van der Waals surface area contributed by atoms with Gasteiger partial charge in [-0.15, -0.1) is 11.8 Å². The molecule has 1 aromatic rings. The number of hydrogen-bond acceptors (Lipinski definition) is 10. The molecular formula is C22H33NO9S. The third-order valence-electron chi connectivity index (χ3n) is 4.55. The maximum Gasteiger partial charge on any atom is 0.332 e. The van der Waals surface area contributed by atoms with Crippen molar-refractivity contribution in [3.63, 3.8) is 0 Å². The van der Waals surface area contributed by atoms with Crippen LogP contribution in [0.4, 0.5) is 0 Å². The minimum Gasteiger partial charge on any atom is -0.507 e. The van der Waals surface area contributed by atoms with Gasteiger partial charge in [-0.25, -0.2) is 4.79 Å². The van der Waals surface area contributed by atoms with Crippen LogP contribution in [0.5, 0.6) is 11.5 Å². The third kappa shape index (κ3) is 9.48. The molecule has 0 spiro atoms. The van der Waals surface area contributed by atoms with Gasteiger partial charge in [0.25, 0.3) is 0 Å². The number of phenolic OH excluding ortho intramolecular Hbond substituents is 1. The zero-order valence-corrected chi connectivity index (χ0v) is 19.9. The minimum absolute atomic E-state index is 0.00790. The summed E-state index contributed by atoms with van der Waals surface area (Å²) in [6.45, 7) is 6.12. The average Bonchev–Trinajstić information content (AvgIpc) is 3.19. The van der Waals surface area contributed by atoms with Gasteiger partial charge >= 0.3 is 5.97 Å². The molecule has 0 unspecified atom stereocenters. The highest BCUT2D eigenvalue weighted by molar-refractivity contribution is 8.14. The quantitative estimate of drug-likeness (QED) is 0.296. The van der Waals surface area contributed by atoms with E-state index < -0.39 is 11.5 Å². The van der Waals surface area contributed by atoms with E-state index in [9.17, 15) is 15.0 Å². The van der Waals surface area contributed by atoms with Crippen LogP contribution in [0.3, 0.4) is 0 Å². The number of phenols is 1. The van der Waals surface area contributed by atoms with E-state index in [1.165, 1.54) is 17.8 Å². The van der Waals surface area contributed by atoms with Crippen molar-refractivity contribution in [1.82, 2.24) is 0 Å². The number of carbonyl (C=O) groups is 1. The normalized spacial score (nSPS) is 17.8. The van der Waals surface area contributed by atoms with Gasteiger partial charge in [-0.3, -0.25) is 4.99 Å². The van der Waals surface area contributed by atoms with Crippen molar-refractivity contribution < 1.29 is 43.4 Å². The molecule has 0 fully saturated rings. The molecule has 0 radical (unpaired) electrons. The molecular weight excluding hydrogens is 454 g/mol. The number of thioether (sulfide) groups is 1. The summed E-state index contributed by atoms with van der Waals surface area (Å²) in [6, 6.07) is 4.89. The molecule has 10 nitrogen and oxygen atoms in total. The second-order valence-electron chi connectivity index (χ2n) is 7.23. The van der Waals surface area contributed by atoms with E-state index in [1.807, 2.05) is 0 Å². The van der Waals surface area contributed by atoms with Crippen molar-refractivity contribution >= 4 is 22.8 Å². The van der Waals surface area contributed by atoms with Crippen LogP contribution in [0.2, 0.25) is 0 Å². The van der Waals surface area contributed by atoms with Gasteiger partial charge in [0.1, 0.15) is 23.1 Å². The molecule has 11 heteroatoms. The summed E-state index contributed by atoms with van der Waals surface area (Å²) in [5.74, 6) is -0.288. The topological polar surface area (TPSA) is 125 Å². The largest absolute Gasteiger partial charge is 0.507 e. The lowest BCUT2D eigenvalue weighted by atomic mass is 10.1. The van der Waals surface area contributed by atoms with E-state index >= 15 is 0 Å². The lowest BCUT2D eigenvalue weighted by molar-refractivity contribution is -0.141. The van der Waals surface area contributed by atoms with E-state index in [-0.39, 0.29) is 12.4 Å². The maximum atomic E-state index is 11.4. The van der Waals surface area contributed by atoms with Crippen molar-refractivity contribution in [3.8, 4) is 11.5 Å². The summed E-state index contributed by atoms with van der Waals surface area (Å²) in [7, 11) is 1.63. The molecule has 0 saturated carbocycles. The summed E-state index contributed by atoms with van der Waals surface area (Å²) in [5, 5.41) is 20.1. The van der Waals surface area contributed by atoms with E-state index in [2.05, 4.69) is 4.99 Å². The Morgan fingerprint density at radius 1 is 0.970 bits per heavy atom. The average molecular weight is 488 g/mol. The second-order valence-corrected chi connectivity index (χ2v) is 8.19. The number of aliphatic imine (C=N–C) groups is 1. The molecule has 0 bridgehead atoms. The Morgan fingerprint density at radius 2 is 1.52 bits per heavy atom. The Labute approximate surface area is 198 Å². The third-order valence-corrected chi connectivity index (χ3v) is 5.83. The van der Waals surface area contributed by atoms with Crippen molar-refractivity contribution in [2.24, 2.45) is 4.99 Å². The first-order chi connectivity index (χ1) is 16.0. The number of benzene rings is 1. The van der Waals surface area contributed by atoms with E-state index in [1.54, 1.807) is 26.2 Å². The van der Waals surface area contributed by atoms with Crippen molar-refractivity contribution in [3.05, 3.63) is 23.8 Å². The molecule has 1 atom stereocenters. The molecule has 0 saturated heterocycles. The standard InChI is InChI=1S/C22H33NO9S/c1-22(21(25)26)16-33-20(23-22)19-17(24)4-3-5-18(19)32-15-14-31-13-12-30-11-10-29-9-8-28-7-6-27-2/h3-5,24H,6-16H2,1-2H3,(H,25,26)/t22-/m1/s1. The van der Waals surface area contributed by atoms with Gasteiger partial charge in [0, 0.05) is 12.9 Å². The van der Waals surface area contributed by atoms with Crippen LogP contribution in [0.1, 0.15) is 12.5 Å². The molecule has 1 aliphatic heterocycles. The number of methoxy groups -OCH3 is 1. The first-order valence-electron chi connectivity index (χ1n) is 10.7. The number of ether oxygens (including phenoxy) is 6. The molecule has 0 aliphatic carbocycles. The van der Waals surface area contributed by atoms with Gasteiger partial charge in [-0.05, 0) is 19.1 Å². The number of rotatable bonds is 18. The Morgan fingerprint density at radius 3 is 2.03 bits per heavy atom. The van der Waals surface area contributed by atoms with E-state index in [4.69, 9.17) is 28.4 Å².